The third-order valence-electron chi connectivity index (χ3n) is 3.67. The number of aryl methyl sites for hydroxylation is 1. The number of hydrogen-bond acceptors (Lipinski definition) is 2. The molecule has 4 heteroatoms. The fourth-order valence-corrected chi connectivity index (χ4v) is 2.74. The smallest absolute Gasteiger partial charge is 0.197 e. The van der Waals surface area contributed by atoms with Crippen molar-refractivity contribution in [1.82, 2.24) is 4.57 Å². The van der Waals surface area contributed by atoms with Crippen molar-refractivity contribution in [2.45, 2.75) is 13.0 Å². The van der Waals surface area contributed by atoms with Crippen LogP contribution in [0.2, 0.25) is 0 Å². The predicted molar refractivity (Wildman–Crippen MR) is 82.2 cm³/mol. The molecule has 0 bridgehead atoms. The molecule has 0 N–H and O–H groups in total. The molecular formula is C17H16FNO2. The molecule has 0 fully saturated rings. The zero-order valence-electron chi connectivity index (χ0n) is 11.8. The maximum absolute atomic E-state index is 14.3. The van der Waals surface area contributed by atoms with Crippen molar-refractivity contribution in [2.75, 3.05) is 13.7 Å². The topological polar surface area (TPSA) is 31.2 Å². The monoisotopic (exact) mass is 285 g/mol. The van der Waals surface area contributed by atoms with Gasteiger partial charge >= 0.3 is 0 Å². The fraction of sp³-hybridized carbons (Fsp3) is 0.235. The molecule has 0 aliphatic heterocycles. The third-order valence-corrected chi connectivity index (χ3v) is 3.67. The summed E-state index contributed by atoms with van der Waals surface area (Å²) in [4.78, 5) is 12.5. The maximum atomic E-state index is 14.3. The SMILES string of the molecule is COCCCn1c2ccccc2c(=O)c2cccc(F)c21. The van der Waals surface area contributed by atoms with E-state index in [1.165, 1.54) is 6.07 Å². The van der Waals surface area contributed by atoms with E-state index in [-0.39, 0.29) is 11.2 Å². The number of rotatable bonds is 4. The van der Waals surface area contributed by atoms with Crippen LogP contribution in [-0.4, -0.2) is 18.3 Å². The van der Waals surface area contributed by atoms with E-state index < -0.39 is 0 Å². The van der Waals surface area contributed by atoms with Crippen molar-refractivity contribution >= 4 is 21.8 Å². The van der Waals surface area contributed by atoms with E-state index in [2.05, 4.69) is 0 Å². The van der Waals surface area contributed by atoms with Crippen LogP contribution >= 0.6 is 0 Å². The molecular weight excluding hydrogens is 269 g/mol. The zero-order valence-corrected chi connectivity index (χ0v) is 11.8. The van der Waals surface area contributed by atoms with Gasteiger partial charge in [0.15, 0.2) is 5.43 Å². The lowest BCUT2D eigenvalue weighted by atomic mass is 10.1. The van der Waals surface area contributed by atoms with Gasteiger partial charge in [0.05, 0.1) is 11.0 Å². The van der Waals surface area contributed by atoms with Gasteiger partial charge in [-0.3, -0.25) is 4.79 Å². The highest BCUT2D eigenvalue weighted by Crippen LogP contribution is 2.21. The summed E-state index contributed by atoms with van der Waals surface area (Å²) in [5.74, 6) is -0.368. The standard InChI is InChI=1S/C17H16FNO2/c1-21-11-5-10-19-15-9-3-2-6-12(15)17(20)13-7-4-8-14(18)16(13)19/h2-4,6-9H,5,10-11H2,1H3. The van der Waals surface area contributed by atoms with Crippen LogP contribution in [0.5, 0.6) is 0 Å². The van der Waals surface area contributed by atoms with Crippen LogP contribution < -0.4 is 5.43 Å². The highest BCUT2D eigenvalue weighted by Gasteiger charge is 2.13. The second kappa shape index (κ2) is 5.66. The number of benzene rings is 2. The van der Waals surface area contributed by atoms with Crippen LogP contribution in [0.15, 0.2) is 47.3 Å². The van der Waals surface area contributed by atoms with E-state index in [4.69, 9.17) is 4.74 Å². The number of hydrogen-bond donors (Lipinski definition) is 0. The molecule has 21 heavy (non-hydrogen) atoms. The summed E-state index contributed by atoms with van der Waals surface area (Å²) in [5.41, 5.74) is 1.01. The Morgan fingerprint density at radius 3 is 2.67 bits per heavy atom. The quantitative estimate of drug-likeness (QED) is 0.544. The Labute approximate surface area is 121 Å². The van der Waals surface area contributed by atoms with E-state index in [1.54, 1.807) is 25.3 Å². The van der Waals surface area contributed by atoms with Crippen molar-refractivity contribution in [3.63, 3.8) is 0 Å². The molecule has 0 aliphatic carbocycles. The lowest BCUT2D eigenvalue weighted by Gasteiger charge is -2.15. The van der Waals surface area contributed by atoms with Crippen LogP contribution in [0.25, 0.3) is 21.8 Å². The van der Waals surface area contributed by atoms with Crippen LogP contribution in [0.3, 0.4) is 0 Å². The van der Waals surface area contributed by atoms with Gasteiger partial charge in [-0.1, -0.05) is 18.2 Å². The zero-order chi connectivity index (χ0) is 14.8. The van der Waals surface area contributed by atoms with E-state index in [0.717, 1.165) is 11.9 Å². The average Bonchev–Trinajstić information content (AvgIpc) is 2.51. The number of para-hydroxylation sites is 2. The fourth-order valence-electron chi connectivity index (χ4n) is 2.74. The highest BCUT2D eigenvalue weighted by molar-refractivity contribution is 5.93. The summed E-state index contributed by atoms with van der Waals surface area (Å²) < 4.78 is 21.2. The van der Waals surface area contributed by atoms with Gasteiger partial charge in [0.1, 0.15) is 5.82 Å². The number of methoxy groups -OCH3 is 1. The molecule has 3 aromatic rings. The predicted octanol–water partition coefficient (Wildman–Crippen LogP) is 3.33. The van der Waals surface area contributed by atoms with E-state index in [9.17, 15) is 9.18 Å². The Bertz CT molecular complexity index is 854. The van der Waals surface area contributed by atoms with E-state index >= 15 is 0 Å². The van der Waals surface area contributed by atoms with Crippen LogP contribution in [0.4, 0.5) is 4.39 Å². The molecule has 2 aromatic carbocycles. The molecule has 3 rings (SSSR count). The lowest BCUT2D eigenvalue weighted by molar-refractivity contribution is 0.191. The van der Waals surface area contributed by atoms with Gasteiger partial charge in [-0.2, -0.15) is 0 Å². The Balaban J connectivity index is 2.38. The first kappa shape index (κ1) is 13.8. The normalized spacial score (nSPS) is 11.3. The van der Waals surface area contributed by atoms with Gasteiger partial charge in [0.25, 0.3) is 0 Å². The van der Waals surface area contributed by atoms with Gasteiger partial charge in [-0.25, -0.2) is 4.39 Å². The summed E-state index contributed by atoms with van der Waals surface area (Å²) in [7, 11) is 1.64. The molecule has 1 heterocycles. The molecule has 0 spiro atoms. The number of nitrogens with zero attached hydrogens (tertiary/aromatic N) is 1. The average molecular weight is 285 g/mol. The third kappa shape index (κ3) is 2.32. The van der Waals surface area contributed by atoms with E-state index in [0.29, 0.717) is 29.4 Å². The first-order valence-corrected chi connectivity index (χ1v) is 6.92. The highest BCUT2D eigenvalue weighted by atomic mass is 19.1. The van der Waals surface area contributed by atoms with Crippen molar-refractivity contribution in [3.8, 4) is 0 Å². The molecule has 0 amide bonds. The van der Waals surface area contributed by atoms with Crippen LogP contribution in [-0.2, 0) is 11.3 Å². The largest absolute Gasteiger partial charge is 0.385 e. The van der Waals surface area contributed by atoms with Crippen molar-refractivity contribution in [1.29, 1.82) is 0 Å². The van der Waals surface area contributed by atoms with Crippen molar-refractivity contribution < 1.29 is 9.13 Å². The van der Waals surface area contributed by atoms with Crippen molar-refractivity contribution in [2.24, 2.45) is 0 Å². The molecule has 0 aliphatic rings. The molecule has 3 nitrogen and oxygen atoms in total. The van der Waals surface area contributed by atoms with Crippen LogP contribution in [0.1, 0.15) is 6.42 Å². The Morgan fingerprint density at radius 1 is 1.10 bits per heavy atom. The summed E-state index contributed by atoms with van der Waals surface area (Å²) in [6.45, 7) is 1.20. The Hall–Kier alpha value is -2.20. The number of fused-ring (bicyclic) bond motifs is 2. The van der Waals surface area contributed by atoms with Gasteiger partial charge < -0.3 is 9.30 Å². The lowest BCUT2D eigenvalue weighted by Crippen LogP contribution is -2.13. The maximum Gasteiger partial charge on any atom is 0.197 e. The molecule has 0 unspecified atom stereocenters. The molecule has 108 valence electrons. The molecule has 0 atom stereocenters. The second-order valence-electron chi connectivity index (χ2n) is 4.98. The van der Waals surface area contributed by atoms with Crippen LogP contribution in [0, 0.1) is 5.82 Å². The van der Waals surface area contributed by atoms with Gasteiger partial charge in [0.2, 0.25) is 0 Å². The minimum absolute atomic E-state index is 0.122. The molecule has 1 aromatic heterocycles. The van der Waals surface area contributed by atoms with Gasteiger partial charge in [0, 0.05) is 31.0 Å². The number of ether oxygens (including phenoxy) is 1. The second-order valence-corrected chi connectivity index (χ2v) is 4.98. The molecule has 0 radical (unpaired) electrons. The molecule has 0 saturated heterocycles. The van der Waals surface area contributed by atoms with Gasteiger partial charge in [-0.05, 0) is 30.7 Å². The minimum atomic E-state index is -0.368. The summed E-state index contributed by atoms with van der Waals surface area (Å²) >= 11 is 0. The Kier molecular flexibility index (Phi) is 3.71. The first-order chi connectivity index (χ1) is 10.2. The number of aromatic nitrogens is 1. The summed E-state index contributed by atoms with van der Waals surface area (Å²) in [6.07, 6.45) is 0.757. The van der Waals surface area contributed by atoms with Crippen molar-refractivity contribution in [3.05, 3.63) is 58.5 Å². The summed E-state index contributed by atoms with van der Waals surface area (Å²) in [6, 6.07) is 12.0. The minimum Gasteiger partial charge on any atom is -0.385 e. The number of pyridine rings is 1. The summed E-state index contributed by atoms with van der Waals surface area (Å²) in [5, 5.41) is 1.04. The van der Waals surface area contributed by atoms with Gasteiger partial charge in [-0.15, -0.1) is 0 Å². The molecule has 0 saturated carbocycles. The van der Waals surface area contributed by atoms with E-state index in [1.807, 2.05) is 22.8 Å². The Morgan fingerprint density at radius 2 is 1.86 bits per heavy atom. The first-order valence-electron chi connectivity index (χ1n) is 6.92. The number of halogens is 1.